The molecule has 0 saturated heterocycles. The number of benzene rings is 2. The van der Waals surface area contributed by atoms with Crippen molar-refractivity contribution in [1.29, 1.82) is 0 Å². The number of carbonyl (C=O) groups excluding carboxylic acids is 3. The number of urea groups is 1. The lowest BCUT2D eigenvalue weighted by Crippen LogP contribution is -2.55. The number of alkyl carbamates (subject to hydrolysis) is 1. The van der Waals surface area contributed by atoms with Crippen LogP contribution < -0.4 is 16.0 Å². The summed E-state index contributed by atoms with van der Waals surface area (Å²) in [4.78, 5) is 50.6. The fraction of sp³-hybridized carbons (Fsp3) is 0.400. The molecule has 0 bridgehead atoms. The number of nitrogens with zero attached hydrogens (tertiary/aromatic N) is 3. The summed E-state index contributed by atoms with van der Waals surface area (Å²) in [6.45, 7) is 6.03. The summed E-state index contributed by atoms with van der Waals surface area (Å²) in [5.74, 6) is -0.187. The molecule has 0 aliphatic heterocycles. The van der Waals surface area contributed by atoms with E-state index in [0.717, 1.165) is 27.6 Å². The number of rotatable bonds is 16. The SMILES string of the molecule is CC(C)c1nc(CN(C)C(=O)N[C@@H](C)C(=O)NC(c2ccccc2)C(NC(=O)OCc2cncs2)C(O)CCCc2ccccc2)cs1. The van der Waals surface area contributed by atoms with Gasteiger partial charge in [-0.2, -0.15) is 0 Å². The zero-order valence-corrected chi connectivity index (χ0v) is 29.3. The maximum absolute atomic E-state index is 13.6. The average Bonchev–Trinajstić information content (AvgIpc) is 3.79. The van der Waals surface area contributed by atoms with Crippen molar-refractivity contribution in [3.05, 3.63) is 104 Å². The van der Waals surface area contributed by atoms with E-state index < -0.39 is 42.3 Å². The quantitative estimate of drug-likeness (QED) is 0.116. The molecule has 0 spiro atoms. The van der Waals surface area contributed by atoms with Crippen molar-refractivity contribution in [2.75, 3.05) is 7.05 Å². The summed E-state index contributed by atoms with van der Waals surface area (Å²) in [5.41, 5.74) is 4.23. The van der Waals surface area contributed by atoms with Gasteiger partial charge in [-0.15, -0.1) is 22.7 Å². The topological polar surface area (TPSA) is 146 Å². The zero-order valence-electron chi connectivity index (χ0n) is 27.7. The van der Waals surface area contributed by atoms with Gasteiger partial charge in [-0.1, -0.05) is 74.5 Å². The van der Waals surface area contributed by atoms with Crippen LogP contribution in [0.3, 0.4) is 0 Å². The van der Waals surface area contributed by atoms with Crippen molar-refractivity contribution in [1.82, 2.24) is 30.8 Å². The Balaban J connectivity index is 1.47. The van der Waals surface area contributed by atoms with Crippen LogP contribution in [0.2, 0.25) is 0 Å². The molecular weight excluding hydrogens is 649 g/mol. The molecule has 2 aromatic heterocycles. The highest BCUT2D eigenvalue weighted by molar-refractivity contribution is 7.09. The lowest BCUT2D eigenvalue weighted by molar-refractivity contribution is -0.123. The molecule has 0 radical (unpaired) electrons. The number of amides is 4. The Labute approximate surface area is 289 Å². The molecule has 0 saturated carbocycles. The maximum atomic E-state index is 13.6. The van der Waals surface area contributed by atoms with Crippen LogP contribution in [-0.2, 0) is 29.1 Å². The third-order valence-electron chi connectivity index (χ3n) is 7.69. The van der Waals surface area contributed by atoms with Crippen LogP contribution in [0.15, 0.2) is 77.8 Å². The van der Waals surface area contributed by atoms with E-state index in [1.54, 1.807) is 37.0 Å². The third-order valence-corrected chi connectivity index (χ3v) is 9.64. The fourth-order valence-electron chi connectivity index (χ4n) is 5.02. The number of thiazole rings is 2. The molecule has 2 aromatic carbocycles. The van der Waals surface area contributed by atoms with Crippen molar-refractivity contribution in [3.8, 4) is 0 Å². The molecule has 4 aromatic rings. The molecule has 3 unspecified atom stereocenters. The molecule has 2 heterocycles. The Kier molecular flexibility index (Phi) is 13.9. The predicted octanol–water partition coefficient (Wildman–Crippen LogP) is 5.79. The van der Waals surface area contributed by atoms with Crippen molar-refractivity contribution >= 4 is 40.7 Å². The molecule has 13 heteroatoms. The minimum Gasteiger partial charge on any atom is -0.444 e. The lowest BCUT2D eigenvalue weighted by atomic mass is 9.91. The van der Waals surface area contributed by atoms with Gasteiger partial charge in [-0.05, 0) is 37.3 Å². The van der Waals surface area contributed by atoms with Gasteiger partial charge in [0.1, 0.15) is 12.6 Å². The van der Waals surface area contributed by atoms with E-state index >= 15 is 0 Å². The minimum absolute atomic E-state index is 0.0198. The van der Waals surface area contributed by atoms with E-state index in [0.29, 0.717) is 30.9 Å². The number of hydrogen-bond acceptors (Lipinski definition) is 9. The molecule has 0 aliphatic rings. The molecule has 4 atom stereocenters. The van der Waals surface area contributed by atoms with Gasteiger partial charge in [0.05, 0.1) is 45.8 Å². The fourth-order valence-corrected chi connectivity index (χ4v) is 6.36. The summed E-state index contributed by atoms with van der Waals surface area (Å²) in [6.07, 6.45) is 1.56. The largest absolute Gasteiger partial charge is 0.444 e. The minimum atomic E-state index is -1.04. The predicted molar refractivity (Wildman–Crippen MR) is 188 cm³/mol. The molecule has 256 valence electrons. The van der Waals surface area contributed by atoms with Gasteiger partial charge < -0.3 is 30.7 Å². The Bertz CT molecular complexity index is 1570. The molecule has 4 rings (SSSR count). The Morgan fingerprint density at radius 1 is 0.958 bits per heavy atom. The zero-order chi connectivity index (χ0) is 34.5. The summed E-state index contributed by atoms with van der Waals surface area (Å²) in [7, 11) is 1.64. The van der Waals surface area contributed by atoms with Crippen molar-refractivity contribution in [2.24, 2.45) is 0 Å². The van der Waals surface area contributed by atoms with Crippen LogP contribution in [0.25, 0.3) is 0 Å². The second-order valence-electron chi connectivity index (χ2n) is 11.9. The second-order valence-corrected chi connectivity index (χ2v) is 13.8. The van der Waals surface area contributed by atoms with Crippen molar-refractivity contribution in [2.45, 2.75) is 83.3 Å². The summed E-state index contributed by atoms with van der Waals surface area (Å²) in [5, 5.41) is 23.0. The third kappa shape index (κ3) is 11.1. The molecule has 48 heavy (non-hydrogen) atoms. The Morgan fingerprint density at radius 2 is 1.67 bits per heavy atom. The highest BCUT2D eigenvalue weighted by Gasteiger charge is 2.34. The molecule has 0 fully saturated rings. The van der Waals surface area contributed by atoms with Gasteiger partial charge in [0.25, 0.3) is 0 Å². The molecule has 0 aliphatic carbocycles. The summed E-state index contributed by atoms with van der Waals surface area (Å²) >= 11 is 2.91. The number of aliphatic hydroxyl groups is 1. The van der Waals surface area contributed by atoms with E-state index in [2.05, 4.69) is 39.8 Å². The first-order valence-electron chi connectivity index (χ1n) is 15.9. The molecule has 4 amide bonds. The Hall–Kier alpha value is -4.33. The second kappa shape index (κ2) is 18.3. The summed E-state index contributed by atoms with van der Waals surface area (Å²) in [6, 6.07) is 15.9. The first-order chi connectivity index (χ1) is 23.1. The number of aromatic nitrogens is 2. The Morgan fingerprint density at radius 3 is 2.31 bits per heavy atom. The van der Waals surface area contributed by atoms with Gasteiger partial charge >= 0.3 is 12.1 Å². The number of aryl methyl sites for hydroxylation is 1. The smallest absolute Gasteiger partial charge is 0.407 e. The maximum Gasteiger partial charge on any atom is 0.407 e. The lowest BCUT2D eigenvalue weighted by Gasteiger charge is -2.33. The number of nitrogens with one attached hydrogen (secondary N) is 3. The summed E-state index contributed by atoms with van der Waals surface area (Å²) < 4.78 is 5.45. The number of hydrogen-bond donors (Lipinski definition) is 4. The highest BCUT2D eigenvalue weighted by Crippen LogP contribution is 2.23. The van der Waals surface area contributed by atoms with E-state index in [4.69, 9.17) is 4.74 Å². The van der Waals surface area contributed by atoms with E-state index in [-0.39, 0.29) is 6.61 Å². The molecule has 4 N–H and O–H groups in total. The van der Waals surface area contributed by atoms with Gasteiger partial charge in [0, 0.05) is 24.5 Å². The van der Waals surface area contributed by atoms with Gasteiger partial charge in [-0.25, -0.2) is 14.6 Å². The van der Waals surface area contributed by atoms with Crippen LogP contribution in [0, 0.1) is 0 Å². The number of aliphatic hydroxyl groups excluding tert-OH is 1. The normalized spacial score (nSPS) is 13.6. The monoisotopic (exact) mass is 692 g/mol. The van der Waals surface area contributed by atoms with Crippen molar-refractivity contribution < 1.29 is 24.2 Å². The highest BCUT2D eigenvalue weighted by atomic mass is 32.1. The standard InChI is InChI=1S/C35H44N6O5S2/c1-23(2)33-38-27(21-47-33)19-41(4)34(44)37-24(3)32(43)39-30(26-15-9-6-10-16-26)31(40-35(45)46-20-28-18-36-22-48-28)29(42)17-11-14-25-12-7-5-8-13-25/h5-10,12-13,15-16,18,21-24,29-31,42H,11,14,17,19-20H2,1-4H3,(H,37,44)(H,39,43)(H,40,45)/t24-,29?,30?,31?/m0/s1. The average molecular weight is 693 g/mol. The van der Waals surface area contributed by atoms with Crippen LogP contribution in [0.1, 0.15) is 72.3 Å². The van der Waals surface area contributed by atoms with Crippen LogP contribution >= 0.6 is 22.7 Å². The van der Waals surface area contributed by atoms with E-state index in [1.807, 2.05) is 66.0 Å². The molecule has 11 nitrogen and oxygen atoms in total. The van der Waals surface area contributed by atoms with Gasteiger partial charge in [0.15, 0.2) is 0 Å². The number of ether oxygens (including phenoxy) is 1. The van der Waals surface area contributed by atoms with Gasteiger partial charge in [-0.3, -0.25) is 9.78 Å². The first-order valence-corrected chi connectivity index (χ1v) is 17.7. The van der Waals surface area contributed by atoms with E-state index in [1.165, 1.54) is 16.2 Å². The number of carbonyl (C=O) groups is 3. The first kappa shape index (κ1) is 36.5. The van der Waals surface area contributed by atoms with Gasteiger partial charge in [0.2, 0.25) is 5.91 Å². The molecular formula is C35H44N6O5S2. The van der Waals surface area contributed by atoms with E-state index in [9.17, 15) is 19.5 Å². The van der Waals surface area contributed by atoms with Crippen LogP contribution in [0.5, 0.6) is 0 Å². The van der Waals surface area contributed by atoms with Crippen LogP contribution in [-0.4, -0.2) is 63.2 Å². The van der Waals surface area contributed by atoms with Crippen molar-refractivity contribution in [3.63, 3.8) is 0 Å². The van der Waals surface area contributed by atoms with Crippen LogP contribution in [0.4, 0.5) is 9.59 Å².